The Morgan fingerprint density at radius 2 is 1.82 bits per heavy atom. The van der Waals surface area contributed by atoms with Crippen molar-refractivity contribution >= 4 is 45.4 Å². The summed E-state index contributed by atoms with van der Waals surface area (Å²) in [7, 11) is 0. The van der Waals surface area contributed by atoms with Crippen LogP contribution in [0.15, 0.2) is 65.1 Å². The number of hydrogen-bond donors (Lipinski definition) is 2. The van der Waals surface area contributed by atoms with Crippen LogP contribution in [0.3, 0.4) is 0 Å². The van der Waals surface area contributed by atoms with Crippen LogP contribution in [0.4, 0.5) is 11.7 Å². The molecule has 7 nitrogen and oxygen atoms in total. The minimum atomic E-state index is -0.387. The van der Waals surface area contributed by atoms with Gasteiger partial charge in [0.15, 0.2) is 12.2 Å². The molecule has 0 aliphatic carbocycles. The van der Waals surface area contributed by atoms with Gasteiger partial charge in [0.05, 0.1) is 0 Å². The molecule has 0 aliphatic heterocycles. The van der Waals surface area contributed by atoms with Crippen LogP contribution in [0.2, 0.25) is 0 Å². The molecule has 0 saturated carbocycles. The van der Waals surface area contributed by atoms with Crippen molar-refractivity contribution in [1.29, 1.82) is 0 Å². The third kappa shape index (κ3) is 3.93. The lowest BCUT2D eigenvalue weighted by atomic mass is 10.1. The molecule has 0 radical (unpaired) electrons. The highest BCUT2D eigenvalue weighted by Gasteiger charge is 2.11. The van der Waals surface area contributed by atoms with Gasteiger partial charge in [-0.2, -0.15) is 4.98 Å². The number of carbonyl (C=O) groups excluding carboxylic acids is 2. The molecule has 4 rings (SSSR count). The average Bonchev–Trinajstić information content (AvgIpc) is 3.07. The second kappa shape index (κ2) is 7.40. The van der Waals surface area contributed by atoms with E-state index >= 15 is 0 Å². The Kier molecular flexibility index (Phi) is 4.63. The molecule has 28 heavy (non-hydrogen) atoms. The molecule has 0 unspecified atom stereocenters. The van der Waals surface area contributed by atoms with E-state index in [0.29, 0.717) is 22.5 Å². The van der Waals surface area contributed by atoms with Gasteiger partial charge in [-0.15, -0.1) is 0 Å². The Hall–Kier alpha value is -3.87. The first-order chi connectivity index (χ1) is 13.6. The summed E-state index contributed by atoms with van der Waals surface area (Å²) in [6.45, 7) is 1.25. The number of hydrogen-bond acceptors (Lipinski definition) is 5. The number of rotatable bonds is 5. The van der Waals surface area contributed by atoms with E-state index in [1.54, 1.807) is 18.2 Å². The summed E-state index contributed by atoms with van der Waals surface area (Å²) in [6.07, 6.45) is 0. The first-order valence-electron chi connectivity index (χ1n) is 8.66. The van der Waals surface area contributed by atoms with Crippen LogP contribution in [-0.4, -0.2) is 23.4 Å². The highest BCUT2D eigenvalue weighted by Crippen LogP contribution is 2.23. The van der Waals surface area contributed by atoms with Gasteiger partial charge >= 0.3 is 6.01 Å². The maximum Gasteiger partial charge on any atom is 0.302 e. The van der Waals surface area contributed by atoms with E-state index in [4.69, 9.17) is 9.15 Å². The topological polar surface area (TPSA) is 93.5 Å². The highest BCUT2D eigenvalue weighted by molar-refractivity contribution is 5.93. The van der Waals surface area contributed by atoms with Gasteiger partial charge in [-0.3, -0.25) is 14.9 Å². The summed E-state index contributed by atoms with van der Waals surface area (Å²) < 4.78 is 11.1. The fraction of sp³-hybridized carbons (Fsp3) is 0.0952. The van der Waals surface area contributed by atoms with E-state index in [2.05, 4.69) is 15.6 Å². The molecule has 140 valence electrons. The number of carbonyl (C=O) groups is 2. The molecule has 1 aromatic heterocycles. The SMILES string of the molecule is CC(=O)Nc1ccc2nc(NC(=O)COc3ccc4ccccc4c3)oc2c1. The summed E-state index contributed by atoms with van der Waals surface area (Å²) in [5.41, 5.74) is 1.62. The lowest BCUT2D eigenvalue weighted by molar-refractivity contribution is -0.118. The van der Waals surface area contributed by atoms with Crippen molar-refractivity contribution < 1.29 is 18.7 Å². The molecule has 0 spiro atoms. The molecule has 2 N–H and O–H groups in total. The summed E-state index contributed by atoms with van der Waals surface area (Å²) >= 11 is 0. The van der Waals surface area contributed by atoms with Crippen LogP contribution in [0, 0.1) is 0 Å². The zero-order valence-electron chi connectivity index (χ0n) is 15.1. The van der Waals surface area contributed by atoms with Crippen molar-refractivity contribution in [3.63, 3.8) is 0 Å². The predicted molar refractivity (Wildman–Crippen MR) is 106 cm³/mol. The second-order valence-electron chi connectivity index (χ2n) is 6.23. The van der Waals surface area contributed by atoms with Crippen molar-refractivity contribution in [3.05, 3.63) is 60.7 Å². The van der Waals surface area contributed by atoms with Gasteiger partial charge in [0.1, 0.15) is 11.3 Å². The standard InChI is InChI=1S/C21H17N3O4/c1-13(25)22-16-7-9-18-19(11-16)28-21(23-18)24-20(26)12-27-17-8-6-14-4-2-3-5-15(14)10-17/h2-11H,12H2,1H3,(H,22,25)(H,23,24,26). The molecular weight excluding hydrogens is 358 g/mol. The van der Waals surface area contributed by atoms with Gasteiger partial charge in [-0.1, -0.05) is 30.3 Å². The van der Waals surface area contributed by atoms with Gasteiger partial charge in [0.25, 0.3) is 5.91 Å². The van der Waals surface area contributed by atoms with Crippen LogP contribution in [0.1, 0.15) is 6.92 Å². The van der Waals surface area contributed by atoms with Crippen molar-refractivity contribution in [2.45, 2.75) is 6.92 Å². The van der Waals surface area contributed by atoms with Crippen LogP contribution in [-0.2, 0) is 9.59 Å². The Labute approximate surface area is 160 Å². The molecule has 0 saturated heterocycles. The van der Waals surface area contributed by atoms with Gasteiger partial charge in [-0.25, -0.2) is 0 Å². The van der Waals surface area contributed by atoms with Crippen LogP contribution < -0.4 is 15.4 Å². The Balaban J connectivity index is 1.40. The second-order valence-corrected chi connectivity index (χ2v) is 6.23. The number of aromatic nitrogens is 1. The fourth-order valence-corrected chi connectivity index (χ4v) is 2.82. The Morgan fingerprint density at radius 3 is 2.64 bits per heavy atom. The van der Waals surface area contributed by atoms with Crippen molar-refractivity contribution in [3.8, 4) is 5.75 Å². The summed E-state index contributed by atoms with van der Waals surface area (Å²) in [6, 6.07) is 18.7. The molecule has 7 heteroatoms. The maximum absolute atomic E-state index is 12.1. The number of nitrogens with zero attached hydrogens (tertiary/aromatic N) is 1. The van der Waals surface area contributed by atoms with E-state index in [1.807, 2.05) is 42.5 Å². The number of nitrogens with one attached hydrogen (secondary N) is 2. The fourth-order valence-electron chi connectivity index (χ4n) is 2.82. The largest absolute Gasteiger partial charge is 0.484 e. The summed E-state index contributed by atoms with van der Waals surface area (Å²) in [5.74, 6) is 0.0337. The van der Waals surface area contributed by atoms with Crippen LogP contribution >= 0.6 is 0 Å². The quantitative estimate of drug-likeness (QED) is 0.551. The Bertz CT molecular complexity index is 1180. The lowest BCUT2D eigenvalue weighted by Gasteiger charge is -2.06. The van der Waals surface area contributed by atoms with E-state index in [0.717, 1.165) is 10.8 Å². The van der Waals surface area contributed by atoms with E-state index < -0.39 is 0 Å². The molecule has 4 aromatic rings. The van der Waals surface area contributed by atoms with E-state index in [9.17, 15) is 9.59 Å². The lowest BCUT2D eigenvalue weighted by Crippen LogP contribution is -2.20. The number of ether oxygens (including phenoxy) is 1. The minimum Gasteiger partial charge on any atom is -0.484 e. The molecule has 0 aliphatic rings. The highest BCUT2D eigenvalue weighted by atomic mass is 16.5. The number of oxazole rings is 1. The maximum atomic E-state index is 12.1. The molecule has 0 bridgehead atoms. The number of anilines is 2. The zero-order chi connectivity index (χ0) is 19.5. The molecule has 0 fully saturated rings. The third-order valence-electron chi connectivity index (χ3n) is 4.05. The predicted octanol–water partition coefficient (Wildman–Crippen LogP) is 3.96. The molecular formula is C21H17N3O4. The van der Waals surface area contributed by atoms with Crippen LogP contribution in [0.25, 0.3) is 21.9 Å². The van der Waals surface area contributed by atoms with Gasteiger partial charge in [0, 0.05) is 18.7 Å². The van der Waals surface area contributed by atoms with Gasteiger partial charge in [-0.05, 0) is 35.0 Å². The molecule has 0 atom stereocenters. The zero-order valence-corrected chi connectivity index (χ0v) is 15.1. The Morgan fingerprint density at radius 1 is 1.00 bits per heavy atom. The monoisotopic (exact) mass is 375 g/mol. The first kappa shape index (κ1) is 17.5. The van der Waals surface area contributed by atoms with Gasteiger partial charge in [0.2, 0.25) is 5.91 Å². The van der Waals surface area contributed by atoms with E-state index in [1.165, 1.54) is 6.92 Å². The average molecular weight is 375 g/mol. The number of amides is 2. The van der Waals surface area contributed by atoms with Crippen molar-refractivity contribution in [2.24, 2.45) is 0 Å². The first-order valence-corrected chi connectivity index (χ1v) is 8.66. The van der Waals surface area contributed by atoms with Crippen molar-refractivity contribution in [1.82, 2.24) is 4.98 Å². The number of fused-ring (bicyclic) bond motifs is 2. The number of benzene rings is 3. The van der Waals surface area contributed by atoms with Crippen LogP contribution in [0.5, 0.6) is 5.75 Å². The van der Waals surface area contributed by atoms with E-state index in [-0.39, 0.29) is 24.4 Å². The molecule has 1 heterocycles. The van der Waals surface area contributed by atoms with Gasteiger partial charge < -0.3 is 14.5 Å². The molecule has 2 amide bonds. The third-order valence-corrected chi connectivity index (χ3v) is 4.05. The normalized spacial score (nSPS) is 10.8. The summed E-state index contributed by atoms with van der Waals surface area (Å²) in [5, 5.41) is 7.37. The smallest absolute Gasteiger partial charge is 0.302 e. The van der Waals surface area contributed by atoms with Crippen molar-refractivity contribution in [2.75, 3.05) is 17.2 Å². The minimum absolute atomic E-state index is 0.0714. The summed E-state index contributed by atoms with van der Waals surface area (Å²) in [4.78, 5) is 27.5. The molecule has 3 aromatic carbocycles.